The largest absolute Gasteiger partial charge is 0.481 e. The molecule has 0 amide bonds. The van der Waals surface area contributed by atoms with E-state index in [1.165, 1.54) is 0 Å². The second kappa shape index (κ2) is 7.50. The molecule has 0 aromatic carbocycles. The summed E-state index contributed by atoms with van der Waals surface area (Å²) in [5.41, 5.74) is 6.22. The van der Waals surface area contributed by atoms with Crippen molar-refractivity contribution in [2.45, 2.75) is 6.42 Å². The highest BCUT2D eigenvalue weighted by atomic mass is 35.5. The highest BCUT2D eigenvalue weighted by Crippen LogP contribution is 2.06. The summed E-state index contributed by atoms with van der Waals surface area (Å²) in [7, 11) is 1.83. The van der Waals surface area contributed by atoms with E-state index in [0.717, 1.165) is 5.69 Å². The van der Waals surface area contributed by atoms with Gasteiger partial charge in [-0.25, -0.2) is 4.98 Å². The van der Waals surface area contributed by atoms with Gasteiger partial charge in [-0.3, -0.25) is 4.79 Å². The average molecular weight is 256 g/mol. The number of carboxylic acid groups (broad SMARTS) is 1. The quantitative estimate of drug-likeness (QED) is 0.820. The van der Waals surface area contributed by atoms with Crippen molar-refractivity contribution < 1.29 is 9.90 Å². The molecular formula is C8H15Cl2N3O2. The van der Waals surface area contributed by atoms with Crippen molar-refractivity contribution >= 4 is 30.8 Å². The van der Waals surface area contributed by atoms with Crippen LogP contribution in [-0.2, 0) is 18.3 Å². The number of imidazole rings is 1. The molecule has 0 aliphatic heterocycles. The summed E-state index contributed by atoms with van der Waals surface area (Å²) in [6, 6.07) is 0. The van der Waals surface area contributed by atoms with Gasteiger partial charge in [0.1, 0.15) is 0 Å². The van der Waals surface area contributed by atoms with Gasteiger partial charge in [-0.2, -0.15) is 0 Å². The van der Waals surface area contributed by atoms with Crippen molar-refractivity contribution in [1.82, 2.24) is 9.55 Å². The van der Waals surface area contributed by atoms with Crippen molar-refractivity contribution in [3.63, 3.8) is 0 Å². The Bertz CT molecular complexity index is 304. The molecular weight excluding hydrogens is 241 g/mol. The molecule has 0 aliphatic rings. The number of nitrogens with zero attached hydrogens (tertiary/aromatic N) is 2. The van der Waals surface area contributed by atoms with Gasteiger partial charge in [0.25, 0.3) is 0 Å². The van der Waals surface area contributed by atoms with Crippen LogP contribution in [0.4, 0.5) is 0 Å². The molecule has 5 nitrogen and oxygen atoms in total. The number of hydrogen-bond acceptors (Lipinski definition) is 3. The summed E-state index contributed by atoms with van der Waals surface area (Å²) in [6.07, 6.45) is 3.73. The lowest BCUT2D eigenvalue weighted by Gasteiger charge is -2.08. The minimum absolute atomic E-state index is 0. The topological polar surface area (TPSA) is 81.1 Å². The van der Waals surface area contributed by atoms with Crippen molar-refractivity contribution in [2.75, 3.05) is 6.54 Å². The van der Waals surface area contributed by atoms with Crippen LogP contribution in [-0.4, -0.2) is 27.2 Å². The highest BCUT2D eigenvalue weighted by Gasteiger charge is 2.17. The van der Waals surface area contributed by atoms with Gasteiger partial charge in [0.15, 0.2) is 0 Å². The lowest BCUT2D eigenvalue weighted by molar-refractivity contribution is -0.141. The lowest BCUT2D eigenvalue weighted by Crippen LogP contribution is -2.26. The number of aliphatic carboxylic acids is 1. The maximum atomic E-state index is 10.7. The summed E-state index contributed by atoms with van der Waals surface area (Å²) in [6.45, 7) is 0.153. The van der Waals surface area contributed by atoms with Gasteiger partial charge >= 0.3 is 5.97 Å². The fraction of sp³-hybridized carbons (Fsp3) is 0.500. The fourth-order valence-electron chi connectivity index (χ4n) is 1.11. The second-order valence-corrected chi connectivity index (χ2v) is 2.97. The summed E-state index contributed by atoms with van der Waals surface area (Å²) >= 11 is 0. The zero-order chi connectivity index (χ0) is 9.84. The Hall–Kier alpha value is -0.780. The summed E-state index contributed by atoms with van der Waals surface area (Å²) < 4.78 is 1.80. The average Bonchev–Trinajstić information content (AvgIpc) is 2.46. The number of carbonyl (C=O) groups is 1. The standard InChI is InChI=1S/C8H13N3O2.2ClH/c1-11-5-10-4-7(11)2-6(3-9)8(12)13;;/h4-6H,2-3,9H2,1H3,(H,12,13);2*1H. The lowest BCUT2D eigenvalue weighted by atomic mass is 10.0. The SMILES string of the molecule is Cl.Cl.Cn1cncc1CC(CN)C(=O)O. The molecule has 0 saturated heterocycles. The molecule has 3 N–H and O–H groups in total. The first kappa shape index (κ1) is 16.6. The molecule has 1 aromatic rings. The van der Waals surface area contributed by atoms with E-state index >= 15 is 0 Å². The summed E-state index contributed by atoms with van der Waals surface area (Å²) in [5, 5.41) is 8.75. The molecule has 0 saturated carbocycles. The van der Waals surface area contributed by atoms with Crippen LogP contribution in [0, 0.1) is 5.92 Å². The fourth-order valence-corrected chi connectivity index (χ4v) is 1.11. The maximum Gasteiger partial charge on any atom is 0.308 e. The van der Waals surface area contributed by atoms with Gasteiger partial charge in [-0.05, 0) is 0 Å². The van der Waals surface area contributed by atoms with Crippen LogP contribution >= 0.6 is 24.8 Å². The summed E-state index contributed by atoms with van der Waals surface area (Å²) in [4.78, 5) is 14.6. The normalized spacial score (nSPS) is 11.1. The Morgan fingerprint density at radius 3 is 2.60 bits per heavy atom. The molecule has 1 unspecified atom stereocenters. The van der Waals surface area contributed by atoms with Gasteiger partial charge in [0, 0.05) is 31.9 Å². The van der Waals surface area contributed by atoms with Crippen molar-refractivity contribution in [1.29, 1.82) is 0 Å². The van der Waals surface area contributed by atoms with Gasteiger partial charge < -0.3 is 15.4 Å². The predicted octanol–water partition coefficient (Wildman–Crippen LogP) is 0.466. The first-order chi connectivity index (χ1) is 6.15. The zero-order valence-corrected chi connectivity index (χ0v) is 9.92. The first-order valence-electron chi connectivity index (χ1n) is 4.03. The van der Waals surface area contributed by atoms with E-state index in [4.69, 9.17) is 10.8 Å². The van der Waals surface area contributed by atoms with Crippen LogP contribution in [0.25, 0.3) is 0 Å². The zero-order valence-electron chi connectivity index (χ0n) is 8.29. The van der Waals surface area contributed by atoms with Crippen molar-refractivity contribution in [3.05, 3.63) is 18.2 Å². The monoisotopic (exact) mass is 255 g/mol. The first-order valence-corrected chi connectivity index (χ1v) is 4.03. The number of carboxylic acids is 1. The molecule has 1 atom stereocenters. The number of hydrogen-bond donors (Lipinski definition) is 2. The molecule has 0 bridgehead atoms. The van der Waals surface area contributed by atoms with E-state index < -0.39 is 11.9 Å². The Labute approximate surface area is 100 Å². The van der Waals surface area contributed by atoms with Crippen molar-refractivity contribution in [3.8, 4) is 0 Å². The molecule has 7 heteroatoms. The van der Waals surface area contributed by atoms with Crippen molar-refractivity contribution in [2.24, 2.45) is 18.7 Å². The third-order valence-corrected chi connectivity index (χ3v) is 2.01. The summed E-state index contributed by atoms with van der Waals surface area (Å²) in [5.74, 6) is -1.38. The number of halogens is 2. The molecule has 0 spiro atoms. The maximum absolute atomic E-state index is 10.7. The third-order valence-electron chi connectivity index (χ3n) is 2.01. The molecule has 88 valence electrons. The predicted molar refractivity (Wildman–Crippen MR) is 61.6 cm³/mol. The van der Waals surface area contributed by atoms with E-state index in [0.29, 0.717) is 6.42 Å². The van der Waals surface area contributed by atoms with Gasteiger partial charge in [0.2, 0.25) is 0 Å². The van der Waals surface area contributed by atoms with Gasteiger partial charge in [-0.15, -0.1) is 24.8 Å². The molecule has 0 fully saturated rings. The minimum Gasteiger partial charge on any atom is -0.481 e. The molecule has 1 aromatic heterocycles. The number of aryl methyl sites for hydroxylation is 1. The van der Waals surface area contributed by atoms with Crippen LogP contribution in [0.5, 0.6) is 0 Å². The molecule has 0 aliphatic carbocycles. The van der Waals surface area contributed by atoms with E-state index in [2.05, 4.69) is 4.98 Å². The smallest absolute Gasteiger partial charge is 0.308 e. The Morgan fingerprint density at radius 2 is 2.27 bits per heavy atom. The Kier molecular flexibility index (Phi) is 8.33. The van der Waals surface area contributed by atoms with E-state index in [9.17, 15) is 4.79 Å². The molecule has 15 heavy (non-hydrogen) atoms. The number of aromatic nitrogens is 2. The Balaban J connectivity index is 0. The number of rotatable bonds is 4. The van der Waals surface area contributed by atoms with Gasteiger partial charge in [0.05, 0.1) is 12.2 Å². The van der Waals surface area contributed by atoms with E-state index in [1.54, 1.807) is 17.1 Å². The van der Waals surface area contributed by atoms with Crippen LogP contribution < -0.4 is 5.73 Å². The third kappa shape index (κ3) is 4.51. The van der Waals surface area contributed by atoms with Crippen LogP contribution in [0.3, 0.4) is 0 Å². The highest BCUT2D eigenvalue weighted by molar-refractivity contribution is 5.85. The Morgan fingerprint density at radius 1 is 1.67 bits per heavy atom. The molecule has 1 heterocycles. The minimum atomic E-state index is -0.858. The van der Waals surface area contributed by atoms with Crippen LogP contribution in [0.1, 0.15) is 5.69 Å². The number of nitrogens with two attached hydrogens (primary N) is 1. The van der Waals surface area contributed by atoms with E-state index in [-0.39, 0.29) is 31.4 Å². The molecule has 0 radical (unpaired) electrons. The van der Waals surface area contributed by atoms with E-state index in [1.807, 2.05) is 7.05 Å². The van der Waals surface area contributed by atoms with Crippen LogP contribution in [0.2, 0.25) is 0 Å². The second-order valence-electron chi connectivity index (χ2n) is 2.97. The van der Waals surface area contributed by atoms with Gasteiger partial charge in [-0.1, -0.05) is 0 Å². The van der Waals surface area contributed by atoms with Crippen LogP contribution in [0.15, 0.2) is 12.5 Å². The molecule has 1 rings (SSSR count).